The summed E-state index contributed by atoms with van der Waals surface area (Å²) in [6.45, 7) is 1.43. The Morgan fingerprint density at radius 1 is 1.20 bits per heavy atom. The van der Waals surface area contributed by atoms with Crippen molar-refractivity contribution >= 4 is 5.69 Å². The van der Waals surface area contributed by atoms with Gasteiger partial charge in [0.2, 0.25) is 5.79 Å². The van der Waals surface area contributed by atoms with E-state index in [4.69, 9.17) is 4.74 Å². The van der Waals surface area contributed by atoms with Crippen LogP contribution in [-0.4, -0.2) is 49.8 Å². The lowest BCUT2D eigenvalue weighted by Crippen LogP contribution is -2.62. The van der Waals surface area contributed by atoms with Crippen LogP contribution in [0.15, 0.2) is 24.3 Å². The van der Waals surface area contributed by atoms with Crippen LogP contribution in [0.4, 0.5) is 5.69 Å². The summed E-state index contributed by atoms with van der Waals surface area (Å²) in [5.41, 5.74) is -0.135. The van der Waals surface area contributed by atoms with Crippen molar-refractivity contribution in [3.63, 3.8) is 0 Å². The Labute approximate surface area is 114 Å². The van der Waals surface area contributed by atoms with Crippen molar-refractivity contribution in [1.82, 2.24) is 0 Å². The van der Waals surface area contributed by atoms with E-state index < -0.39 is 35.1 Å². The predicted molar refractivity (Wildman–Crippen MR) is 65.6 cm³/mol. The van der Waals surface area contributed by atoms with Crippen LogP contribution < -0.4 is 0 Å². The molecule has 0 unspecified atom stereocenters. The highest BCUT2D eigenvalue weighted by Crippen LogP contribution is 2.36. The minimum Gasteiger partial charge on any atom is -0.388 e. The summed E-state index contributed by atoms with van der Waals surface area (Å²) in [6, 6.07) is 4.73. The molecule has 0 aromatic heterocycles. The molecule has 20 heavy (non-hydrogen) atoms. The molecule has 2 rings (SSSR count). The van der Waals surface area contributed by atoms with Crippen molar-refractivity contribution in [2.24, 2.45) is 0 Å². The molecule has 1 fully saturated rings. The first-order valence-electron chi connectivity index (χ1n) is 5.96. The number of nitro benzene ring substituents is 1. The van der Waals surface area contributed by atoms with E-state index in [-0.39, 0.29) is 11.3 Å². The fourth-order valence-corrected chi connectivity index (χ4v) is 2.18. The Hall–Kier alpha value is -1.58. The second-order valence-corrected chi connectivity index (χ2v) is 4.75. The molecule has 0 radical (unpaired) electrons. The molecule has 0 bridgehead atoms. The molecule has 1 aromatic rings. The highest BCUT2D eigenvalue weighted by molar-refractivity contribution is 5.35. The number of benzene rings is 1. The van der Waals surface area contributed by atoms with Gasteiger partial charge in [0.05, 0.1) is 11.0 Å². The van der Waals surface area contributed by atoms with Gasteiger partial charge in [0.15, 0.2) is 0 Å². The Morgan fingerprint density at radius 2 is 1.75 bits per heavy atom. The number of hydrogen-bond acceptors (Lipinski definition) is 7. The molecule has 4 N–H and O–H groups in total. The molecule has 8 nitrogen and oxygen atoms in total. The molecule has 1 aromatic carbocycles. The maximum atomic E-state index is 10.6. The van der Waals surface area contributed by atoms with Crippen LogP contribution in [-0.2, 0) is 10.5 Å². The Kier molecular flexibility index (Phi) is 3.76. The fourth-order valence-electron chi connectivity index (χ4n) is 2.18. The molecule has 1 heterocycles. The van der Waals surface area contributed by atoms with Crippen LogP contribution in [0.25, 0.3) is 0 Å². The zero-order valence-electron chi connectivity index (χ0n) is 10.6. The second kappa shape index (κ2) is 5.08. The molecule has 0 spiro atoms. The smallest absolute Gasteiger partial charge is 0.269 e. The van der Waals surface area contributed by atoms with Gasteiger partial charge in [0.1, 0.15) is 18.3 Å². The van der Waals surface area contributed by atoms with Gasteiger partial charge in [0.25, 0.3) is 5.69 Å². The van der Waals surface area contributed by atoms with E-state index >= 15 is 0 Å². The zero-order chi connectivity index (χ0) is 15.1. The molecule has 0 amide bonds. The molecular formula is C12H15NO7. The number of aliphatic hydroxyl groups is 4. The van der Waals surface area contributed by atoms with Crippen molar-refractivity contribution in [1.29, 1.82) is 0 Å². The van der Waals surface area contributed by atoms with E-state index in [1.54, 1.807) is 0 Å². The minimum atomic E-state index is -2.24. The SMILES string of the molecule is C[C@@H]1O[C@](O)(c2ccc([N+](=O)[O-])cc2)[C@H](O)[C@H](O)[C@H]1O. The average molecular weight is 285 g/mol. The highest BCUT2D eigenvalue weighted by atomic mass is 16.7. The lowest BCUT2D eigenvalue weighted by molar-refractivity contribution is -0.385. The van der Waals surface area contributed by atoms with Crippen molar-refractivity contribution in [2.45, 2.75) is 37.1 Å². The molecule has 8 heteroatoms. The van der Waals surface area contributed by atoms with Crippen LogP contribution in [0.3, 0.4) is 0 Å². The van der Waals surface area contributed by atoms with Crippen molar-refractivity contribution < 1.29 is 30.1 Å². The molecule has 110 valence electrons. The van der Waals surface area contributed by atoms with Crippen molar-refractivity contribution in [2.75, 3.05) is 0 Å². The van der Waals surface area contributed by atoms with Gasteiger partial charge < -0.3 is 25.2 Å². The molecular weight excluding hydrogens is 270 g/mol. The number of hydrogen-bond donors (Lipinski definition) is 4. The van der Waals surface area contributed by atoms with E-state index in [9.17, 15) is 30.5 Å². The third-order valence-corrected chi connectivity index (χ3v) is 3.41. The van der Waals surface area contributed by atoms with Gasteiger partial charge in [0, 0.05) is 17.7 Å². The second-order valence-electron chi connectivity index (χ2n) is 4.75. The standard InChI is InChI=1S/C12H15NO7/c1-6-9(14)10(15)11(16)12(17,20-6)7-2-4-8(5-3-7)13(18)19/h2-6,9-11,14-17H,1H3/t6-,9-,10+,11+,12+/m0/s1. The van der Waals surface area contributed by atoms with E-state index in [0.29, 0.717) is 0 Å². The summed E-state index contributed by atoms with van der Waals surface area (Å²) in [7, 11) is 0. The van der Waals surface area contributed by atoms with Gasteiger partial charge in [-0.2, -0.15) is 0 Å². The fraction of sp³-hybridized carbons (Fsp3) is 0.500. The summed E-state index contributed by atoms with van der Waals surface area (Å²) in [4.78, 5) is 9.97. The highest BCUT2D eigenvalue weighted by Gasteiger charge is 2.52. The normalized spacial score (nSPS) is 37.6. The molecule has 5 atom stereocenters. The molecule has 1 aliphatic rings. The molecule has 0 aliphatic carbocycles. The van der Waals surface area contributed by atoms with E-state index in [1.165, 1.54) is 19.1 Å². The van der Waals surface area contributed by atoms with Crippen LogP contribution >= 0.6 is 0 Å². The summed E-state index contributed by atoms with van der Waals surface area (Å²) in [5.74, 6) is -2.24. The topological polar surface area (TPSA) is 133 Å². The van der Waals surface area contributed by atoms with Gasteiger partial charge in [-0.1, -0.05) is 0 Å². The molecule has 1 saturated heterocycles. The molecule has 0 saturated carbocycles. The first kappa shape index (κ1) is 14.8. The van der Waals surface area contributed by atoms with Crippen LogP contribution in [0.5, 0.6) is 0 Å². The number of nitro groups is 1. The first-order valence-corrected chi connectivity index (χ1v) is 5.96. The van der Waals surface area contributed by atoms with Crippen LogP contribution in [0.2, 0.25) is 0 Å². The summed E-state index contributed by atoms with van der Waals surface area (Å²) in [6.07, 6.45) is -5.65. The number of rotatable bonds is 2. The summed E-state index contributed by atoms with van der Waals surface area (Å²) >= 11 is 0. The number of ether oxygens (including phenoxy) is 1. The predicted octanol–water partition coefficient (Wildman–Crippen LogP) is -0.759. The third-order valence-electron chi connectivity index (χ3n) is 3.41. The van der Waals surface area contributed by atoms with Gasteiger partial charge in [-0.15, -0.1) is 0 Å². The quantitative estimate of drug-likeness (QED) is 0.414. The lowest BCUT2D eigenvalue weighted by atomic mass is 9.88. The van der Waals surface area contributed by atoms with Crippen molar-refractivity contribution in [3.05, 3.63) is 39.9 Å². The molecule has 1 aliphatic heterocycles. The van der Waals surface area contributed by atoms with E-state index in [1.807, 2.05) is 0 Å². The zero-order valence-corrected chi connectivity index (χ0v) is 10.6. The first-order chi connectivity index (χ1) is 9.27. The van der Waals surface area contributed by atoms with Crippen LogP contribution in [0.1, 0.15) is 12.5 Å². The monoisotopic (exact) mass is 285 g/mol. The maximum absolute atomic E-state index is 10.6. The van der Waals surface area contributed by atoms with E-state index in [2.05, 4.69) is 0 Å². The van der Waals surface area contributed by atoms with Gasteiger partial charge >= 0.3 is 0 Å². The Balaban J connectivity index is 2.36. The van der Waals surface area contributed by atoms with Gasteiger partial charge in [-0.05, 0) is 19.1 Å². The van der Waals surface area contributed by atoms with E-state index in [0.717, 1.165) is 12.1 Å². The largest absolute Gasteiger partial charge is 0.388 e. The number of aliphatic hydroxyl groups excluding tert-OH is 3. The number of non-ortho nitro benzene ring substituents is 1. The third kappa shape index (κ3) is 2.28. The van der Waals surface area contributed by atoms with Crippen LogP contribution in [0, 0.1) is 10.1 Å². The van der Waals surface area contributed by atoms with Crippen molar-refractivity contribution in [3.8, 4) is 0 Å². The Morgan fingerprint density at radius 3 is 2.25 bits per heavy atom. The lowest BCUT2D eigenvalue weighted by Gasteiger charge is -2.45. The van der Waals surface area contributed by atoms with Gasteiger partial charge in [-0.3, -0.25) is 10.1 Å². The summed E-state index contributed by atoms with van der Waals surface area (Å²) in [5, 5.41) is 50.1. The minimum absolute atomic E-state index is 0.0494. The van der Waals surface area contributed by atoms with Gasteiger partial charge in [-0.25, -0.2) is 0 Å². The maximum Gasteiger partial charge on any atom is 0.269 e. The number of nitrogens with zero attached hydrogens (tertiary/aromatic N) is 1. The Bertz CT molecular complexity index is 505. The summed E-state index contributed by atoms with van der Waals surface area (Å²) < 4.78 is 5.18. The average Bonchev–Trinajstić information content (AvgIpc) is 2.43.